The fourth-order valence-corrected chi connectivity index (χ4v) is 4.01. The Balaban J connectivity index is 1.35. The van der Waals surface area contributed by atoms with E-state index in [2.05, 4.69) is 30.4 Å². The second-order valence-corrected chi connectivity index (χ2v) is 8.05. The average Bonchev–Trinajstić information content (AvgIpc) is 2.89. The molecule has 1 aliphatic heterocycles. The number of carbonyl (C=O) groups is 2. The van der Waals surface area contributed by atoms with Crippen LogP contribution in [-0.2, 0) is 16.1 Å². The van der Waals surface area contributed by atoms with Crippen LogP contribution in [0.5, 0.6) is 0 Å². The number of hydrogen-bond acceptors (Lipinski definition) is 6. The molecule has 9 heteroatoms. The van der Waals surface area contributed by atoms with Crippen molar-refractivity contribution in [2.45, 2.75) is 12.6 Å². The molecule has 0 saturated carbocycles. The third-order valence-electron chi connectivity index (χ3n) is 5.88. The number of pyridine rings is 2. The van der Waals surface area contributed by atoms with Gasteiger partial charge in [-0.3, -0.25) is 24.5 Å². The Kier molecular flexibility index (Phi) is 7.77. The summed E-state index contributed by atoms with van der Waals surface area (Å²) >= 11 is 0. The van der Waals surface area contributed by atoms with Gasteiger partial charge in [-0.15, -0.1) is 0 Å². The third-order valence-corrected chi connectivity index (χ3v) is 5.88. The van der Waals surface area contributed by atoms with Crippen molar-refractivity contribution >= 4 is 17.5 Å². The van der Waals surface area contributed by atoms with E-state index in [-0.39, 0.29) is 24.9 Å². The normalized spacial score (nSPS) is 14.9. The van der Waals surface area contributed by atoms with Crippen molar-refractivity contribution in [1.82, 2.24) is 25.5 Å². The molecule has 1 saturated heterocycles. The summed E-state index contributed by atoms with van der Waals surface area (Å²) in [5.41, 5.74) is 2.82. The number of amides is 2. The lowest BCUT2D eigenvalue weighted by Gasteiger charge is -2.40. The molecule has 4 rings (SSSR count). The smallest absolute Gasteiger partial charge is 0.309 e. The van der Waals surface area contributed by atoms with Gasteiger partial charge < -0.3 is 15.5 Å². The fourth-order valence-electron chi connectivity index (χ4n) is 4.01. The van der Waals surface area contributed by atoms with Gasteiger partial charge >= 0.3 is 11.8 Å². The largest absolute Gasteiger partial charge is 0.369 e. The van der Waals surface area contributed by atoms with Crippen molar-refractivity contribution in [2.24, 2.45) is 0 Å². The Morgan fingerprint density at radius 2 is 1.59 bits per heavy atom. The lowest BCUT2D eigenvalue weighted by Crippen LogP contribution is -2.50. The summed E-state index contributed by atoms with van der Waals surface area (Å²) in [5.74, 6) is -1.60. The number of nitrogens with one attached hydrogen (secondary N) is 2. The molecule has 176 valence electrons. The summed E-state index contributed by atoms with van der Waals surface area (Å²) < 4.78 is 13.3. The van der Waals surface area contributed by atoms with E-state index in [9.17, 15) is 14.0 Å². The number of rotatable bonds is 7. The number of piperazine rings is 1. The van der Waals surface area contributed by atoms with E-state index in [1.807, 2.05) is 12.1 Å². The van der Waals surface area contributed by atoms with Gasteiger partial charge in [0.25, 0.3) is 0 Å². The highest BCUT2D eigenvalue weighted by Crippen LogP contribution is 2.23. The fraction of sp³-hybridized carbons (Fsp3) is 0.280. The van der Waals surface area contributed by atoms with E-state index in [1.54, 1.807) is 49.1 Å². The minimum atomic E-state index is -0.678. The summed E-state index contributed by atoms with van der Waals surface area (Å²) in [6, 6.07) is 13.8. The van der Waals surface area contributed by atoms with Gasteiger partial charge in [0.05, 0.1) is 6.04 Å². The Morgan fingerprint density at radius 1 is 0.882 bits per heavy atom. The summed E-state index contributed by atoms with van der Waals surface area (Å²) in [6.07, 6.45) is 6.76. The zero-order valence-corrected chi connectivity index (χ0v) is 18.7. The second kappa shape index (κ2) is 11.3. The highest BCUT2D eigenvalue weighted by atomic mass is 19.1. The molecule has 0 aliphatic carbocycles. The quantitative estimate of drug-likeness (QED) is 0.522. The summed E-state index contributed by atoms with van der Waals surface area (Å²) in [7, 11) is 0. The number of anilines is 1. The lowest BCUT2D eigenvalue weighted by molar-refractivity contribution is -0.139. The first-order chi connectivity index (χ1) is 16.6. The lowest BCUT2D eigenvalue weighted by atomic mass is 10.1. The van der Waals surface area contributed by atoms with Crippen LogP contribution in [0.2, 0.25) is 0 Å². The standard InChI is InChI=1S/C25H27FN6O2/c26-21-3-5-22(6-4-21)31-12-14-32(15-13-31)23(20-2-1-9-28-17-20)18-30-25(34)24(33)29-16-19-7-10-27-11-8-19/h1-11,17,23H,12-16,18H2,(H,29,33)(H,30,34). The SMILES string of the molecule is O=C(NCc1ccncc1)C(=O)NCC(c1cccnc1)N1CCN(c2ccc(F)cc2)CC1. The number of hydrogen-bond donors (Lipinski definition) is 2. The molecule has 8 nitrogen and oxygen atoms in total. The number of aromatic nitrogens is 2. The van der Waals surface area contributed by atoms with Gasteiger partial charge in [0, 0.05) is 69.7 Å². The molecule has 1 unspecified atom stereocenters. The van der Waals surface area contributed by atoms with Gasteiger partial charge in [-0.1, -0.05) is 6.07 Å². The molecule has 1 atom stereocenters. The minimum Gasteiger partial charge on any atom is -0.369 e. The maximum Gasteiger partial charge on any atom is 0.309 e. The maximum absolute atomic E-state index is 13.3. The third kappa shape index (κ3) is 6.14. The second-order valence-electron chi connectivity index (χ2n) is 8.05. The predicted octanol–water partition coefficient (Wildman–Crippen LogP) is 1.91. The van der Waals surface area contributed by atoms with Crippen LogP contribution < -0.4 is 15.5 Å². The van der Waals surface area contributed by atoms with Crippen LogP contribution in [-0.4, -0.2) is 59.4 Å². The molecule has 0 radical (unpaired) electrons. The van der Waals surface area contributed by atoms with Crippen molar-refractivity contribution in [3.05, 3.63) is 90.3 Å². The minimum absolute atomic E-state index is 0.124. The summed E-state index contributed by atoms with van der Waals surface area (Å²) in [4.78, 5) is 37.3. The Hall–Kier alpha value is -3.85. The van der Waals surface area contributed by atoms with E-state index in [1.165, 1.54) is 12.1 Å². The Labute approximate surface area is 197 Å². The van der Waals surface area contributed by atoms with Gasteiger partial charge in [0.2, 0.25) is 0 Å². The first-order valence-electron chi connectivity index (χ1n) is 11.2. The molecule has 3 aromatic rings. The van der Waals surface area contributed by atoms with Crippen LogP contribution in [0, 0.1) is 5.82 Å². The van der Waals surface area contributed by atoms with Crippen LogP contribution in [0.15, 0.2) is 73.3 Å². The van der Waals surface area contributed by atoms with Crippen LogP contribution in [0.25, 0.3) is 0 Å². The van der Waals surface area contributed by atoms with Crippen LogP contribution in [0.3, 0.4) is 0 Å². The van der Waals surface area contributed by atoms with Crippen molar-refractivity contribution < 1.29 is 14.0 Å². The first-order valence-corrected chi connectivity index (χ1v) is 11.2. The summed E-state index contributed by atoms with van der Waals surface area (Å²) in [6.45, 7) is 3.57. The van der Waals surface area contributed by atoms with Crippen LogP contribution in [0.1, 0.15) is 17.2 Å². The van der Waals surface area contributed by atoms with Gasteiger partial charge in [-0.2, -0.15) is 0 Å². The molecule has 2 N–H and O–H groups in total. The van der Waals surface area contributed by atoms with Crippen LogP contribution >= 0.6 is 0 Å². The first kappa shape index (κ1) is 23.3. The van der Waals surface area contributed by atoms with E-state index >= 15 is 0 Å². The molecule has 1 fully saturated rings. The van der Waals surface area contributed by atoms with E-state index in [0.29, 0.717) is 0 Å². The Morgan fingerprint density at radius 3 is 2.26 bits per heavy atom. The number of carbonyl (C=O) groups excluding carboxylic acids is 2. The average molecular weight is 463 g/mol. The molecular formula is C25H27FN6O2. The van der Waals surface area contributed by atoms with Crippen molar-refractivity contribution in [2.75, 3.05) is 37.6 Å². The highest BCUT2D eigenvalue weighted by molar-refractivity contribution is 6.35. The number of benzene rings is 1. The van der Waals surface area contributed by atoms with Gasteiger partial charge in [-0.25, -0.2) is 4.39 Å². The predicted molar refractivity (Wildman–Crippen MR) is 126 cm³/mol. The molecule has 0 bridgehead atoms. The molecule has 3 heterocycles. The van der Waals surface area contributed by atoms with Gasteiger partial charge in [0.1, 0.15) is 5.82 Å². The van der Waals surface area contributed by atoms with E-state index in [4.69, 9.17) is 0 Å². The molecule has 2 aromatic heterocycles. The number of halogens is 1. The molecule has 0 spiro atoms. The monoisotopic (exact) mass is 462 g/mol. The zero-order valence-electron chi connectivity index (χ0n) is 18.7. The van der Waals surface area contributed by atoms with Crippen LogP contribution in [0.4, 0.5) is 10.1 Å². The number of nitrogens with zero attached hydrogens (tertiary/aromatic N) is 4. The van der Waals surface area contributed by atoms with Crippen molar-refractivity contribution in [1.29, 1.82) is 0 Å². The van der Waals surface area contributed by atoms with E-state index < -0.39 is 11.8 Å². The van der Waals surface area contributed by atoms with E-state index in [0.717, 1.165) is 43.0 Å². The molecule has 34 heavy (non-hydrogen) atoms. The molecular weight excluding hydrogens is 435 g/mol. The maximum atomic E-state index is 13.3. The zero-order chi connectivity index (χ0) is 23.8. The van der Waals surface area contributed by atoms with Gasteiger partial charge in [0.15, 0.2) is 0 Å². The van der Waals surface area contributed by atoms with Crippen molar-refractivity contribution in [3.63, 3.8) is 0 Å². The Bertz CT molecular complexity index is 1070. The topological polar surface area (TPSA) is 90.5 Å². The molecule has 1 aromatic carbocycles. The van der Waals surface area contributed by atoms with Gasteiger partial charge in [-0.05, 0) is 53.6 Å². The van der Waals surface area contributed by atoms with Crippen molar-refractivity contribution in [3.8, 4) is 0 Å². The molecule has 2 amide bonds. The summed E-state index contributed by atoms with van der Waals surface area (Å²) in [5, 5.41) is 5.41. The molecule has 1 aliphatic rings. The highest BCUT2D eigenvalue weighted by Gasteiger charge is 2.26.